The van der Waals surface area contributed by atoms with Crippen molar-refractivity contribution in [1.82, 2.24) is 9.66 Å². The number of fused-ring (bicyclic) bond motifs is 1. The van der Waals surface area contributed by atoms with Gasteiger partial charge in [0.25, 0.3) is 5.56 Å². The van der Waals surface area contributed by atoms with Crippen LogP contribution in [-0.4, -0.2) is 16.8 Å². The van der Waals surface area contributed by atoms with Crippen LogP contribution >= 0.6 is 0 Å². The minimum Gasteiger partial charge on any atom is -0.497 e. The normalized spacial score (nSPS) is 10.5. The molecule has 1 aromatic heterocycles. The highest BCUT2D eigenvalue weighted by Crippen LogP contribution is 2.14. The van der Waals surface area contributed by atoms with Gasteiger partial charge >= 0.3 is 5.69 Å². The van der Waals surface area contributed by atoms with E-state index in [-0.39, 0.29) is 0 Å². The number of nitrogen functional groups attached to an aromatic ring is 1. The molecule has 0 fully saturated rings. The van der Waals surface area contributed by atoms with E-state index < -0.39 is 11.2 Å². The van der Waals surface area contributed by atoms with Gasteiger partial charge in [-0.3, -0.25) is 4.79 Å². The van der Waals surface area contributed by atoms with E-state index in [9.17, 15) is 9.59 Å². The second kappa shape index (κ2) is 3.16. The Balaban J connectivity index is 2.94. The Labute approximate surface area is 83.9 Å². The summed E-state index contributed by atoms with van der Waals surface area (Å²) >= 11 is 0. The van der Waals surface area contributed by atoms with E-state index in [0.717, 1.165) is 0 Å². The summed E-state index contributed by atoms with van der Waals surface area (Å²) in [6.45, 7) is 0. The summed E-state index contributed by atoms with van der Waals surface area (Å²) in [6.07, 6.45) is 0. The van der Waals surface area contributed by atoms with Crippen molar-refractivity contribution in [3.05, 3.63) is 39.0 Å². The highest BCUT2D eigenvalue weighted by molar-refractivity contribution is 5.78. The third-order valence-electron chi connectivity index (χ3n) is 2.14. The zero-order valence-electron chi connectivity index (χ0n) is 7.98. The number of aromatic amines is 1. The Morgan fingerprint density at radius 1 is 1.40 bits per heavy atom. The van der Waals surface area contributed by atoms with E-state index in [0.29, 0.717) is 21.3 Å². The van der Waals surface area contributed by atoms with Gasteiger partial charge in [0.1, 0.15) is 5.75 Å². The number of hydrogen-bond acceptors (Lipinski definition) is 4. The molecule has 2 rings (SSSR count). The van der Waals surface area contributed by atoms with Crippen LogP contribution in [0.1, 0.15) is 0 Å². The molecule has 78 valence electrons. The van der Waals surface area contributed by atoms with Gasteiger partial charge in [-0.15, -0.1) is 0 Å². The first-order valence-electron chi connectivity index (χ1n) is 4.21. The first-order valence-corrected chi connectivity index (χ1v) is 4.21. The van der Waals surface area contributed by atoms with Crippen LogP contribution in [0.4, 0.5) is 0 Å². The Morgan fingerprint density at radius 2 is 2.13 bits per heavy atom. The van der Waals surface area contributed by atoms with Gasteiger partial charge in [-0.2, -0.15) is 4.68 Å². The van der Waals surface area contributed by atoms with Crippen molar-refractivity contribution in [3.8, 4) is 5.75 Å². The summed E-state index contributed by atoms with van der Waals surface area (Å²) in [4.78, 5) is 25.2. The van der Waals surface area contributed by atoms with Crippen molar-refractivity contribution in [3.63, 3.8) is 0 Å². The Morgan fingerprint density at radius 3 is 2.80 bits per heavy atom. The van der Waals surface area contributed by atoms with E-state index in [1.54, 1.807) is 12.1 Å². The largest absolute Gasteiger partial charge is 0.497 e. The molecule has 0 saturated heterocycles. The van der Waals surface area contributed by atoms with E-state index in [4.69, 9.17) is 10.6 Å². The summed E-state index contributed by atoms with van der Waals surface area (Å²) in [7, 11) is 1.49. The van der Waals surface area contributed by atoms with Crippen LogP contribution in [-0.2, 0) is 0 Å². The second-order valence-electron chi connectivity index (χ2n) is 3.02. The number of ether oxygens (including phenoxy) is 1. The van der Waals surface area contributed by atoms with Crippen molar-refractivity contribution < 1.29 is 4.74 Å². The maximum Gasteiger partial charge on any atom is 0.347 e. The molecule has 1 aromatic carbocycles. The number of nitrogens with one attached hydrogen (secondary N) is 1. The highest BCUT2D eigenvalue weighted by atomic mass is 16.5. The third kappa shape index (κ3) is 1.35. The molecule has 0 aliphatic heterocycles. The molecule has 3 N–H and O–H groups in total. The van der Waals surface area contributed by atoms with Gasteiger partial charge in [-0.25, -0.2) is 4.79 Å². The van der Waals surface area contributed by atoms with Gasteiger partial charge in [0.05, 0.1) is 18.0 Å². The quantitative estimate of drug-likeness (QED) is 0.612. The summed E-state index contributed by atoms with van der Waals surface area (Å²) in [5.41, 5.74) is -0.752. The maximum absolute atomic E-state index is 11.6. The fraction of sp³-hybridized carbons (Fsp3) is 0.111. The van der Waals surface area contributed by atoms with Gasteiger partial charge in [0.2, 0.25) is 0 Å². The molecule has 15 heavy (non-hydrogen) atoms. The molecule has 2 aromatic rings. The van der Waals surface area contributed by atoms with Crippen molar-refractivity contribution in [2.24, 2.45) is 0 Å². The Hall–Kier alpha value is -2.24. The minimum absolute atomic E-state index is 0.316. The molecule has 6 nitrogen and oxygen atoms in total. The van der Waals surface area contributed by atoms with E-state index in [1.165, 1.54) is 13.2 Å². The van der Waals surface area contributed by atoms with Crippen LogP contribution in [0.15, 0.2) is 27.8 Å². The standard InChI is InChI=1S/C9H9N3O3/c1-15-5-2-3-7-6(4-5)8(13)12(10)9(14)11-7/h2-4H,10H2,1H3,(H,11,14). The minimum atomic E-state index is -0.641. The lowest BCUT2D eigenvalue weighted by molar-refractivity contribution is 0.415. The lowest BCUT2D eigenvalue weighted by atomic mass is 10.2. The lowest BCUT2D eigenvalue weighted by Crippen LogP contribution is -2.40. The molecule has 0 aliphatic rings. The van der Waals surface area contributed by atoms with Crippen LogP contribution < -0.4 is 21.8 Å². The Bertz CT molecular complexity index is 627. The predicted molar refractivity (Wildman–Crippen MR) is 55.5 cm³/mol. The Kier molecular flexibility index (Phi) is 1.96. The predicted octanol–water partition coefficient (Wildman–Crippen LogP) is -0.588. The summed E-state index contributed by atoms with van der Waals surface area (Å²) in [6, 6.07) is 4.77. The van der Waals surface area contributed by atoms with Crippen LogP contribution in [0, 0.1) is 0 Å². The number of rotatable bonds is 1. The van der Waals surface area contributed by atoms with Crippen molar-refractivity contribution in [1.29, 1.82) is 0 Å². The number of nitrogens with zero attached hydrogens (tertiary/aromatic N) is 1. The topological polar surface area (TPSA) is 90.1 Å². The maximum atomic E-state index is 11.6. The fourth-order valence-corrected chi connectivity index (χ4v) is 1.33. The number of aromatic nitrogens is 2. The monoisotopic (exact) mass is 207 g/mol. The van der Waals surface area contributed by atoms with Crippen molar-refractivity contribution >= 4 is 10.9 Å². The molecule has 1 heterocycles. The SMILES string of the molecule is COc1ccc2[nH]c(=O)n(N)c(=O)c2c1. The molecule has 6 heteroatoms. The van der Waals surface area contributed by atoms with Gasteiger partial charge < -0.3 is 15.6 Å². The van der Waals surface area contributed by atoms with E-state index in [2.05, 4.69) is 4.98 Å². The molecular formula is C9H9N3O3. The first kappa shape index (κ1) is 9.32. The number of methoxy groups -OCH3 is 1. The first-order chi connectivity index (χ1) is 7.13. The van der Waals surface area contributed by atoms with Crippen molar-refractivity contribution in [2.45, 2.75) is 0 Å². The average Bonchev–Trinajstić information content (AvgIpc) is 2.26. The third-order valence-corrected chi connectivity index (χ3v) is 2.14. The lowest BCUT2D eigenvalue weighted by Gasteiger charge is -2.03. The number of benzene rings is 1. The zero-order chi connectivity index (χ0) is 11.0. The molecule has 0 saturated carbocycles. The number of hydrogen-bond donors (Lipinski definition) is 2. The van der Waals surface area contributed by atoms with E-state index in [1.807, 2.05) is 0 Å². The molecule has 0 unspecified atom stereocenters. The van der Waals surface area contributed by atoms with Gasteiger partial charge in [0, 0.05) is 0 Å². The highest BCUT2D eigenvalue weighted by Gasteiger charge is 2.05. The molecule has 0 aliphatic carbocycles. The molecule has 0 atom stereocenters. The van der Waals surface area contributed by atoms with Gasteiger partial charge in [0.15, 0.2) is 0 Å². The molecule has 0 radical (unpaired) electrons. The second-order valence-corrected chi connectivity index (χ2v) is 3.02. The molecule has 0 amide bonds. The summed E-state index contributed by atoms with van der Waals surface area (Å²) in [5.74, 6) is 5.79. The fourth-order valence-electron chi connectivity index (χ4n) is 1.33. The van der Waals surface area contributed by atoms with Crippen LogP contribution in [0.2, 0.25) is 0 Å². The zero-order valence-corrected chi connectivity index (χ0v) is 7.98. The summed E-state index contributed by atoms with van der Waals surface area (Å²) < 4.78 is 5.50. The van der Waals surface area contributed by atoms with Crippen LogP contribution in [0.3, 0.4) is 0 Å². The molecule has 0 bridgehead atoms. The van der Waals surface area contributed by atoms with Crippen molar-refractivity contribution in [2.75, 3.05) is 13.0 Å². The average molecular weight is 207 g/mol. The summed E-state index contributed by atoms with van der Waals surface area (Å²) in [5, 5.41) is 0.316. The number of nitrogens with two attached hydrogens (primary N) is 1. The van der Waals surface area contributed by atoms with Crippen LogP contribution in [0.5, 0.6) is 5.75 Å². The molecule has 0 spiro atoms. The van der Waals surface area contributed by atoms with Gasteiger partial charge in [-0.05, 0) is 18.2 Å². The smallest absolute Gasteiger partial charge is 0.347 e. The number of H-pyrrole nitrogens is 1. The van der Waals surface area contributed by atoms with E-state index >= 15 is 0 Å². The van der Waals surface area contributed by atoms with Gasteiger partial charge in [-0.1, -0.05) is 0 Å². The van der Waals surface area contributed by atoms with Crippen LogP contribution in [0.25, 0.3) is 10.9 Å². The molecular weight excluding hydrogens is 198 g/mol.